The average molecular weight is 386 g/mol. The summed E-state index contributed by atoms with van der Waals surface area (Å²) in [6, 6.07) is 5.23. The second-order valence-corrected chi connectivity index (χ2v) is 8.21. The number of carbonyl (C=O) groups is 3. The molecule has 2 atom stereocenters. The van der Waals surface area contributed by atoms with Crippen molar-refractivity contribution in [3.05, 3.63) is 34.9 Å². The highest BCUT2D eigenvalue weighted by molar-refractivity contribution is 6.05. The molecule has 3 amide bonds. The molecule has 0 bridgehead atoms. The molecular weight excluding hydrogens is 360 g/mol. The molecule has 3 aliphatic rings. The average Bonchev–Trinajstić information content (AvgIpc) is 3.19. The zero-order valence-corrected chi connectivity index (χ0v) is 16.0. The van der Waals surface area contributed by atoms with Crippen LogP contribution in [-0.2, 0) is 22.7 Å². The van der Waals surface area contributed by atoms with E-state index in [4.69, 9.17) is 0 Å². The van der Waals surface area contributed by atoms with Gasteiger partial charge >= 0.3 is 0 Å². The molecule has 3 aliphatic heterocycles. The maximum Gasteiger partial charge on any atom is 0.255 e. The highest BCUT2D eigenvalue weighted by atomic mass is 16.3. The predicted molar refractivity (Wildman–Crippen MR) is 101 cm³/mol. The molecule has 2 fully saturated rings. The fourth-order valence-electron chi connectivity index (χ4n) is 4.44. The summed E-state index contributed by atoms with van der Waals surface area (Å²) >= 11 is 0. The van der Waals surface area contributed by atoms with Gasteiger partial charge in [-0.1, -0.05) is 12.1 Å². The summed E-state index contributed by atoms with van der Waals surface area (Å²) in [7, 11) is 1.96. The lowest BCUT2D eigenvalue weighted by atomic mass is 10.0. The Labute approximate surface area is 163 Å². The number of fused-ring (bicyclic) bond motifs is 1. The molecule has 8 nitrogen and oxygen atoms in total. The molecule has 8 heteroatoms. The molecule has 0 spiro atoms. The van der Waals surface area contributed by atoms with Crippen LogP contribution < -0.4 is 10.6 Å². The van der Waals surface area contributed by atoms with Gasteiger partial charge in [-0.3, -0.25) is 24.6 Å². The Morgan fingerprint density at radius 1 is 1.32 bits per heavy atom. The van der Waals surface area contributed by atoms with Gasteiger partial charge < -0.3 is 15.3 Å². The highest BCUT2D eigenvalue weighted by Gasteiger charge is 2.39. The Morgan fingerprint density at radius 2 is 2.14 bits per heavy atom. The number of β-amino-alcohol motifs (C(OH)–C–C–N with tert-alkyl or cyclic N) is 1. The van der Waals surface area contributed by atoms with E-state index in [1.807, 2.05) is 25.2 Å². The molecule has 1 aromatic carbocycles. The zero-order valence-electron chi connectivity index (χ0n) is 16.0. The third kappa shape index (κ3) is 3.67. The number of hydrogen-bond acceptors (Lipinski definition) is 6. The van der Waals surface area contributed by atoms with Crippen molar-refractivity contribution in [1.29, 1.82) is 0 Å². The maximum atomic E-state index is 12.9. The van der Waals surface area contributed by atoms with Crippen LogP contribution in [-0.4, -0.2) is 71.0 Å². The highest BCUT2D eigenvalue weighted by Crippen LogP contribution is 2.28. The molecule has 3 N–H and O–H groups in total. The molecule has 0 aromatic heterocycles. The lowest BCUT2D eigenvalue weighted by Gasteiger charge is -2.29. The molecule has 28 heavy (non-hydrogen) atoms. The van der Waals surface area contributed by atoms with E-state index >= 15 is 0 Å². The SMILES string of the molecule is CN(Cc1ccc2c(c1)C(=O)N(C1CCC(=O)NC1=O)C2)CC1(O)CCNC1. The summed E-state index contributed by atoms with van der Waals surface area (Å²) in [5.74, 6) is -0.835. The largest absolute Gasteiger partial charge is 0.387 e. The van der Waals surface area contributed by atoms with E-state index in [1.165, 1.54) is 0 Å². The number of nitrogens with zero attached hydrogens (tertiary/aromatic N) is 2. The van der Waals surface area contributed by atoms with Gasteiger partial charge in [0, 0.05) is 38.2 Å². The van der Waals surface area contributed by atoms with Gasteiger partial charge in [-0.05, 0) is 43.6 Å². The van der Waals surface area contributed by atoms with Gasteiger partial charge in [-0.25, -0.2) is 0 Å². The Kier molecular flexibility index (Phi) is 4.95. The Hall–Kier alpha value is -2.29. The monoisotopic (exact) mass is 386 g/mol. The van der Waals surface area contributed by atoms with Crippen molar-refractivity contribution >= 4 is 17.7 Å². The van der Waals surface area contributed by atoms with Gasteiger partial charge in [-0.2, -0.15) is 0 Å². The number of nitrogens with one attached hydrogen (secondary N) is 2. The van der Waals surface area contributed by atoms with E-state index in [2.05, 4.69) is 15.5 Å². The third-order valence-electron chi connectivity index (χ3n) is 5.83. The molecule has 3 heterocycles. The number of benzene rings is 1. The molecule has 0 saturated carbocycles. The van der Waals surface area contributed by atoms with Gasteiger partial charge in [0.1, 0.15) is 6.04 Å². The van der Waals surface area contributed by atoms with E-state index < -0.39 is 17.6 Å². The van der Waals surface area contributed by atoms with Crippen LogP contribution >= 0.6 is 0 Å². The first-order valence-electron chi connectivity index (χ1n) is 9.73. The van der Waals surface area contributed by atoms with Crippen molar-refractivity contribution in [2.45, 2.75) is 44.0 Å². The second kappa shape index (κ2) is 7.27. The normalized spacial score (nSPS) is 27.5. The molecule has 1 aromatic rings. The summed E-state index contributed by atoms with van der Waals surface area (Å²) in [4.78, 5) is 40.0. The van der Waals surface area contributed by atoms with Crippen LogP contribution in [0.25, 0.3) is 0 Å². The van der Waals surface area contributed by atoms with Crippen LogP contribution in [0.3, 0.4) is 0 Å². The van der Waals surface area contributed by atoms with Crippen LogP contribution in [0.15, 0.2) is 18.2 Å². The van der Waals surface area contributed by atoms with Gasteiger partial charge in [0.05, 0.1) is 5.60 Å². The van der Waals surface area contributed by atoms with E-state index in [1.54, 1.807) is 4.90 Å². The Balaban J connectivity index is 1.44. The number of imide groups is 1. The van der Waals surface area contributed by atoms with Crippen LogP contribution in [0.4, 0.5) is 0 Å². The molecule has 150 valence electrons. The smallest absolute Gasteiger partial charge is 0.255 e. The van der Waals surface area contributed by atoms with Crippen molar-refractivity contribution < 1.29 is 19.5 Å². The summed E-state index contributed by atoms with van der Waals surface area (Å²) in [5.41, 5.74) is 1.81. The number of aliphatic hydroxyl groups is 1. The molecule has 0 radical (unpaired) electrons. The van der Waals surface area contributed by atoms with Gasteiger partial charge in [0.25, 0.3) is 5.91 Å². The van der Waals surface area contributed by atoms with Gasteiger partial charge in [0.15, 0.2) is 0 Å². The summed E-state index contributed by atoms with van der Waals surface area (Å²) < 4.78 is 0. The zero-order chi connectivity index (χ0) is 19.9. The van der Waals surface area contributed by atoms with E-state index in [0.29, 0.717) is 38.2 Å². The summed E-state index contributed by atoms with van der Waals surface area (Å²) in [6.07, 6.45) is 1.36. The van der Waals surface area contributed by atoms with E-state index in [-0.39, 0.29) is 18.2 Å². The minimum atomic E-state index is -0.704. The summed E-state index contributed by atoms with van der Waals surface area (Å²) in [6.45, 7) is 3.01. The van der Waals surface area contributed by atoms with Gasteiger partial charge in [-0.15, -0.1) is 0 Å². The molecular formula is C20H26N4O4. The summed E-state index contributed by atoms with van der Waals surface area (Å²) in [5, 5.41) is 16.0. The van der Waals surface area contributed by atoms with Crippen molar-refractivity contribution in [2.75, 3.05) is 26.7 Å². The molecule has 2 saturated heterocycles. The first-order valence-corrected chi connectivity index (χ1v) is 9.73. The maximum absolute atomic E-state index is 12.9. The fraction of sp³-hybridized carbons (Fsp3) is 0.550. The first kappa shape index (κ1) is 19.0. The predicted octanol–water partition coefficient (Wildman–Crippen LogP) is -0.396. The van der Waals surface area contributed by atoms with E-state index in [9.17, 15) is 19.5 Å². The number of hydrogen-bond donors (Lipinski definition) is 3. The third-order valence-corrected chi connectivity index (χ3v) is 5.83. The van der Waals surface area contributed by atoms with E-state index in [0.717, 1.165) is 24.1 Å². The minimum absolute atomic E-state index is 0.160. The molecule has 2 unspecified atom stereocenters. The number of carbonyl (C=O) groups excluding carboxylic acids is 3. The van der Waals surface area contributed by atoms with Crippen molar-refractivity contribution in [3.63, 3.8) is 0 Å². The Bertz CT molecular complexity index is 818. The Morgan fingerprint density at radius 3 is 2.86 bits per heavy atom. The molecule has 4 rings (SSSR count). The minimum Gasteiger partial charge on any atom is -0.387 e. The van der Waals surface area contributed by atoms with Crippen molar-refractivity contribution in [3.8, 4) is 0 Å². The second-order valence-electron chi connectivity index (χ2n) is 8.21. The van der Waals surface area contributed by atoms with Crippen LogP contribution in [0, 0.1) is 0 Å². The number of likely N-dealkylation sites (N-methyl/N-ethyl adjacent to an activating group) is 1. The van der Waals surface area contributed by atoms with Crippen molar-refractivity contribution in [1.82, 2.24) is 20.4 Å². The van der Waals surface area contributed by atoms with Gasteiger partial charge in [0.2, 0.25) is 11.8 Å². The van der Waals surface area contributed by atoms with Crippen LogP contribution in [0.5, 0.6) is 0 Å². The first-order chi connectivity index (χ1) is 13.3. The lowest BCUT2D eigenvalue weighted by Crippen LogP contribution is -2.52. The quantitative estimate of drug-likeness (QED) is 0.596. The topological polar surface area (TPSA) is 102 Å². The van der Waals surface area contributed by atoms with Crippen molar-refractivity contribution in [2.24, 2.45) is 0 Å². The number of rotatable bonds is 5. The molecule has 0 aliphatic carbocycles. The van der Waals surface area contributed by atoms with Crippen LogP contribution in [0.2, 0.25) is 0 Å². The number of piperidine rings is 1. The fourth-order valence-corrected chi connectivity index (χ4v) is 4.44. The number of amides is 3. The standard InChI is InChI=1S/C20H26N4O4/c1-23(12-20(28)6-7-21-11-20)9-13-2-3-14-10-24(19(27)15(14)8-13)16-4-5-17(25)22-18(16)26/h2-3,8,16,21,28H,4-7,9-12H2,1H3,(H,22,25,26). The lowest BCUT2D eigenvalue weighted by molar-refractivity contribution is -0.136. The van der Waals surface area contributed by atoms with Crippen LogP contribution in [0.1, 0.15) is 40.7 Å².